The fourth-order valence-corrected chi connectivity index (χ4v) is 2.26. The van der Waals surface area contributed by atoms with E-state index in [-0.39, 0.29) is 12.5 Å². The van der Waals surface area contributed by atoms with E-state index in [1.807, 2.05) is 26.0 Å². The maximum absolute atomic E-state index is 12.4. The molecule has 2 rings (SSSR count). The lowest BCUT2D eigenvalue weighted by Crippen LogP contribution is -2.30. The molecule has 130 valence electrons. The molecule has 6 nitrogen and oxygen atoms in total. The van der Waals surface area contributed by atoms with Gasteiger partial charge in [0.15, 0.2) is 0 Å². The minimum Gasteiger partial charge on any atom is -0.468 e. The Hall–Kier alpha value is -3.15. The zero-order chi connectivity index (χ0) is 18.4. The third-order valence-corrected chi connectivity index (χ3v) is 3.85. The zero-order valence-corrected chi connectivity index (χ0v) is 14.4. The number of hydrogen-bond donors (Lipinski definition) is 2. The molecule has 6 heteroatoms. The predicted molar refractivity (Wildman–Crippen MR) is 94.7 cm³/mol. The fourth-order valence-electron chi connectivity index (χ4n) is 2.26. The van der Waals surface area contributed by atoms with E-state index < -0.39 is 11.9 Å². The number of carbonyl (C=O) groups excluding carboxylic acids is 3. The number of ether oxygens (including phenoxy) is 1. The highest BCUT2D eigenvalue weighted by atomic mass is 16.5. The lowest BCUT2D eigenvalue weighted by molar-refractivity contribution is -0.139. The van der Waals surface area contributed by atoms with Gasteiger partial charge in [-0.1, -0.05) is 18.2 Å². The molecule has 0 spiro atoms. The van der Waals surface area contributed by atoms with E-state index in [1.54, 1.807) is 30.3 Å². The van der Waals surface area contributed by atoms with Gasteiger partial charge in [-0.25, -0.2) is 0 Å². The van der Waals surface area contributed by atoms with Gasteiger partial charge in [-0.2, -0.15) is 0 Å². The van der Waals surface area contributed by atoms with Gasteiger partial charge in [-0.3, -0.25) is 14.4 Å². The smallest absolute Gasteiger partial charge is 0.325 e. The molecule has 0 aliphatic heterocycles. The van der Waals surface area contributed by atoms with E-state index in [9.17, 15) is 14.4 Å². The van der Waals surface area contributed by atoms with Crippen molar-refractivity contribution in [2.45, 2.75) is 13.8 Å². The van der Waals surface area contributed by atoms with Gasteiger partial charge in [0.1, 0.15) is 6.54 Å². The normalized spacial score (nSPS) is 10.0. The first-order valence-corrected chi connectivity index (χ1v) is 7.75. The highest BCUT2D eigenvalue weighted by Gasteiger charge is 2.12. The van der Waals surface area contributed by atoms with Crippen LogP contribution in [-0.2, 0) is 9.53 Å². The number of amides is 2. The first-order chi connectivity index (χ1) is 11.9. The molecule has 0 saturated carbocycles. The molecule has 0 aliphatic rings. The number of hydrogen-bond acceptors (Lipinski definition) is 4. The first-order valence-electron chi connectivity index (χ1n) is 7.75. The molecule has 2 N–H and O–H groups in total. The molecular formula is C19H20N2O4. The third kappa shape index (κ3) is 4.67. The quantitative estimate of drug-likeness (QED) is 0.819. The van der Waals surface area contributed by atoms with Gasteiger partial charge in [0.2, 0.25) is 0 Å². The van der Waals surface area contributed by atoms with Crippen LogP contribution < -0.4 is 10.6 Å². The zero-order valence-electron chi connectivity index (χ0n) is 14.4. The van der Waals surface area contributed by atoms with Gasteiger partial charge in [-0.05, 0) is 49.2 Å². The SMILES string of the molecule is COC(=O)CNC(=O)c1cccc(NC(=O)c2cccc(C)c2C)c1. The summed E-state index contributed by atoms with van der Waals surface area (Å²) in [4.78, 5) is 35.6. The topological polar surface area (TPSA) is 84.5 Å². The van der Waals surface area contributed by atoms with Crippen LogP contribution in [0.4, 0.5) is 5.69 Å². The molecule has 0 aliphatic carbocycles. The minimum absolute atomic E-state index is 0.214. The largest absolute Gasteiger partial charge is 0.468 e. The van der Waals surface area contributed by atoms with Gasteiger partial charge in [0, 0.05) is 16.8 Å². The average Bonchev–Trinajstić information content (AvgIpc) is 2.61. The Morgan fingerprint density at radius 3 is 2.44 bits per heavy atom. The standard InChI is InChI=1S/C19H20N2O4/c1-12-6-4-9-16(13(12)2)19(24)21-15-8-5-7-14(10-15)18(23)20-11-17(22)25-3/h4-10H,11H2,1-3H3,(H,20,23)(H,21,24). The van der Waals surface area contributed by atoms with E-state index in [1.165, 1.54) is 7.11 Å². The van der Waals surface area contributed by atoms with Gasteiger partial charge >= 0.3 is 5.97 Å². The molecule has 0 fully saturated rings. The van der Waals surface area contributed by atoms with Crippen LogP contribution in [0.1, 0.15) is 31.8 Å². The number of esters is 1. The van der Waals surface area contributed by atoms with Gasteiger partial charge in [0.25, 0.3) is 11.8 Å². The van der Waals surface area contributed by atoms with Crippen molar-refractivity contribution in [3.63, 3.8) is 0 Å². The number of aryl methyl sites for hydroxylation is 1. The lowest BCUT2D eigenvalue weighted by atomic mass is 10.0. The highest BCUT2D eigenvalue weighted by Crippen LogP contribution is 2.16. The Bertz CT molecular complexity index is 815. The number of nitrogens with one attached hydrogen (secondary N) is 2. The highest BCUT2D eigenvalue weighted by molar-refractivity contribution is 6.06. The van der Waals surface area contributed by atoms with Gasteiger partial charge in [-0.15, -0.1) is 0 Å². The van der Waals surface area contributed by atoms with Crippen LogP contribution in [0.25, 0.3) is 0 Å². The van der Waals surface area contributed by atoms with E-state index in [0.717, 1.165) is 11.1 Å². The molecule has 0 radical (unpaired) electrons. The average molecular weight is 340 g/mol. The number of anilines is 1. The lowest BCUT2D eigenvalue weighted by Gasteiger charge is -2.10. The summed E-state index contributed by atoms with van der Waals surface area (Å²) < 4.78 is 4.47. The molecule has 2 aromatic rings. The Kier molecular flexibility index (Phi) is 5.89. The summed E-state index contributed by atoms with van der Waals surface area (Å²) in [5.74, 6) is -1.20. The summed E-state index contributed by atoms with van der Waals surface area (Å²) >= 11 is 0. The maximum atomic E-state index is 12.4. The summed E-state index contributed by atoms with van der Waals surface area (Å²) in [5, 5.41) is 5.24. The summed E-state index contributed by atoms with van der Waals surface area (Å²) in [6, 6.07) is 12.0. The number of carbonyl (C=O) groups is 3. The molecule has 25 heavy (non-hydrogen) atoms. The van der Waals surface area contributed by atoms with Crippen molar-refractivity contribution >= 4 is 23.5 Å². The minimum atomic E-state index is -0.535. The van der Waals surface area contributed by atoms with Crippen LogP contribution in [0.2, 0.25) is 0 Å². The Labute approximate surface area is 146 Å². The molecule has 0 aromatic heterocycles. The van der Waals surface area contributed by atoms with Crippen molar-refractivity contribution in [1.82, 2.24) is 5.32 Å². The first kappa shape index (κ1) is 18.2. The molecular weight excluding hydrogens is 320 g/mol. The van der Waals surface area contributed by atoms with Gasteiger partial charge < -0.3 is 15.4 Å². The number of methoxy groups -OCH3 is 1. The third-order valence-electron chi connectivity index (χ3n) is 3.85. The summed E-state index contributed by atoms with van der Waals surface area (Å²) in [5.41, 5.74) is 3.36. The van der Waals surface area contributed by atoms with E-state index >= 15 is 0 Å². The molecule has 0 saturated heterocycles. The second kappa shape index (κ2) is 8.10. The van der Waals surface area contributed by atoms with Crippen LogP contribution >= 0.6 is 0 Å². The second-order valence-electron chi connectivity index (χ2n) is 5.54. The molecule has 0 atom stereocenters. The molecule has 0 unspecified atom stereocenters. The predicted octanol–water partition coefficient (Wildman–Crippen LogP) is 2.46. The van der Waals surface area contributed by atoms with Crippen LogP contribution in [0.15, 0.2) is 42.5 Å². The van der Waals surface area contributed by atoms with Crippen LogP contribution in [-0.4, -0.2) is 31.4 Å². The van der Waals surface area contributed by atoms with Gasteiger partial charge in [0.05, 0.1) is 7.11 Å². The fraction of sp³-hybridized carbons (Fsp3) is 0.211. The molecule has 2 amide bonds. The second-order valence-corrected chi connectivity index (χ2v) is 5.54. The van der Waals surface area contributed by atoms with Crippen molar-refractivity contribution in [2.75, 3.05) is 19.0 Å². The van der Waals surface area contributed by atoms with Crippen molar-refractivity contribution in [2.24, 2.45) is 0 Å². The number of rotatable bonds is 5. The monoisotopic (exact) mass is 340 g/mol. The van der Waals surface area contributed by atoms with Crippen molar-refractivity contribution in [3.05, 3.63) is 64.7 Å². The number of benzene rings is 2. The Balaban J connectivity index is 2.11. The van der Waals surface area contributed by atoms with Crippen LogP contribution in [0, 0.1) is 13.8 Å². The van der Waals surface area contributed by atoms with E-state index in [4.69, 9.17) is 0 Å². The summed E-state index contributed by atoms with van der Waals surface area (Å²) in [7, 11) is 1.25. The van der Waals surface area contributed by atoms with E-state index in [0.29, 0.717) is 16.8 Å². The Morgan fingerprint density at radius 2 is 1.72 bits per heavy atom. The van der Waals surface area contributed by atoms with Crippen molar-refractivity contribution in [3.8, 4) is 0 Å². The molecule has 0 bridgehead atoms. The van der Waals surface area contributed by atoms with Crippen LogP contribution in [0.5, 0.6) is 0 Å². The summed E-state index contributed by atoms with van der Waals surface area (Å²) in [6.45, 7) is 3.62. The van der Waals surface area contributed by atoms with E-state index in [2.05, 4.69) is 15.4 Å². The Morgan fingerprint density at radius 1 is 1.00 bits per heavy atom. The van der Waals surface area contributed by atoms with Crippen LogP contribution in [0.3, 0.4) is 0 Å². The maximum Gasteiger partial charge on any atom is 0.325 e. The summed E-state index contributed by atoms with van der Waals surface area (Å²) in [6.07, 6.45) is 0. The van der Waals surface area contributed by atoms with Crippen molar-refractivity contribution < 1.29 is 19.1 Å². The van der Waals surface area contributed by atoms with Crippen molar-refractivity contribution in [1.29, 1.82) is 0 Å². The molecule has 2 aromatic carbocycles. The molecule has 0 heterocycles.